The van der Waals surface area contributed by atoms with Crippen molar-refractivity contribution in [3.63, 3.8) is 0 Å². The standard InChI is InChI=1S/C9H13B2FN4/c1-6-15(2)9(10,11)5-16(6)7-3-4-13-8(12)14-7/h3-4H,1,5,10-11H2,2H3. The van der Waals surface area contributed by atoms with Gasteiger partial charge in [-0.2, -0.15) is 9.37 Å². The molecule has 0 amide bonds. The van der Waals surface area contributed by atoms with Crippen molar-refractivity contribution in [2.75, 3.05) is 18.5 Å². The van der Waals surface area contributed by atoms with E-state index in [1.165, 1.54) is 6.20 Å². The molecule has 82 valence electrons. The highest BCUT2D eigenvalue weighted by Gasteiger charge is 2.37. The first-order valence-electron chi connectivity index (χ1n) is 5.10. The zero-order chi connectivity index (χ0) is 11.9. The van der Waals surface area contributed by atoms with Crippen LogP contribution < -0.4 is 4.90 Å². The first-order valence-corrected chi connectivity index (χ1v) is 5.10. The Morgan fingerprint density at radius 2 is 2.25 bits per heavy atom. The van der Waals surface area contributed by atoms with Crippen molar-refractivity contribution >= 4 is 21.5 Å². The van der Waals surface area contributed by atoms with Crippen LogP contribution in [0.5, 0.6) is 0 Å². The van der Waals surface area contributed by atoms with Crippen LogP contribution in [0.25, 0.3) is 0 Å². The lowest BCUT2D eigenvalue weighted by Crippen LogP contribution is -2.44. The van der Waals surface area contributed by atoms with Gasteiger partial charge in [0.15, 0.2) is 0 Å². The maximum Gasteiger partial charge on any atom is 0.310 e. The molecule has 1 aromatic rings. The van der Waals surface area contributed by atoms with E-state index in [-0.39, 0.29) is 5.34 Å². The summed E-state index contributed by atoms with van der Waals surface area (Å²) >= 11 is 0. The van der Waals surface area contributed by atoms with Crippen LogP contribution in [0, 0.1) is 6.08 Å². The molecule has 0 bridgehead atoms. The molecule has 0 atom stereocenters. The molecule has 0 saturated carbocycles. The Hall–Kier alpha value is -1.52. The van der Waals surface area contributed by atoms with Gasteiger partial charge in [0.05, 0.1) is 0 Å². The van der Waals surface area contributed by atoms with Crippen LogP contribution in [0.3, 0.4) is 0 Å². The Kier molecular flexibility index (Phi) is 2.40. The quantitative estimate of drug-likeness (QED) is 0.435. The minimum Gasteiger partial charge on any atom is -0.370 e. The summed E-state index contributed by atoms with van der Waals surface area (Å²) < 4.78 is 12.9. The predicted molar refractivity (Wildman–Crippen MR) is 66.1 cm³/mol. The molecule has 0 aromatic carbocycles. The van der Waals surface area contributed by atoms with E-state index >= 15 is 0 Å². The molecule has 1 aliphatic heterocycles. The summed E-state index contributed by atoms with van der Waals surface area (Å²) in [7, 11) is 6.19. The number of halogens is 1. The third-order valence-corrected chi connectivity index (χ3v) is 3.04. The van der Waals surface area contributed by atoms with E-state index < -0.39 is 6.08 Å². The van der Waals surface area contributed by atoms with Crippen LogP contribution in [0.15, 0.2) is 24.7 Å². The first-order chi connectivity index (χ1) is 7.42. The van der Waals surface area contributed by atoms with Gasteiger partial charge in [0.2, 0.25) is 0 Å². The molecule has 2 rings (SSSR count). The molecule has 0 unspecified atom stereocenters. The Morgan fingerprint density at radius 1 is 1.56 bits per heavy atom. The van der Waals surface area contributed by atoms with Gasteiger partial charge < -0.3 is 9.80 Å². The average Bonchev–Trinajstić information content (AvgIpc) is 2.42. The van der Waals surface area contributed by atoms with E-state index in [9.17, 15) is 4.39 Å². The van der Waals surface area contributed by atoms with Crippen LogP contribution in [0.1, 0.15) is 0 Å². The van der Waals surface area contributed by atoms with E-state index in [1.807, 2.05) is 11.9 Å². The Labute approximate surface area is 96.0 Å². The first kappa shape index (κ1) is 11.0. The molecule has 0 spiro atoms. The lowest BCUT2D eigenvalue weighted by Gasteiger charge is -2.27. The van der Waals surface area contributed by atoms with Crippen molar-refractivity contribution in [3.05, 3.63) is 30.7 Å². The molecule has 1 fully saturated rings. The lowest BCUT2D eigenvalue weighted by molar-refractivity contribution is 0.412. The molecular weight excluding hydrogens is 205 g/mol. The number of nitrogens with zero attached hydrogens (tertiary/aromatic N) is 4. The average molecular weight is 218 g/mol. The van der Waals surface area contributed by atoms with E-state index in [1.54, 1.807) is 6.07 Å². The largest absolute Gasteiger partial charge is 0.370 e. The molecule has 16 heavy (non-hydrogen) atoms. The Morgan fingerprint density at radius 3 is 2.75 bits per heavy atom. The SMILES string of the molecule is BC1(B)CN(c2ccnc(F)n2)C(=C)N1C. The summed E-state index contributed by atoms with van der Waals surface area (Å²) in [5, 5.41) is -0.0293. The number of rotatable bonds is 1. The van der Waals surface area contributed by atoms with Crippen molar-refractivity contribution in [1.82, 2.24) is 14.9 Å². The number of anilines is 1. The van der Waals surface area contributed by atoms with Gasteiger partial charge in [-0.15, -0.1) is 0 Å². The minimum atomic E-state index is -0.711. The fourth-order valence-corrected chi connectivity index (χ4v) is 1.80. The topological polar surface area (TPSA) is 32.3 Å². The molecule has 0 radical (unpaired) electrons. The van der Waals surface area contributed by atoms with Crippen LogP contribution in [0.4, 0.5) is 10.2 Å². The molecule has 0 N–H and O–H groups in total. The molecule has 7 heteroatoms. The fourth-order valence-electron chi connectivity index (χ4n) is 1.80. The van der Waals surface area contributed by atoms with Crippen LogP contribution in [0.2, 0.25) is 0 Å². The van der Waals surface area contributed by atoms with Gasteiger partial charge in [-0.05, 0) is 11.4 Å². The number of hydrogen-bond acceptors (Lipinski definition) is 4. The van der Waals surface area contributed by atoms with Crippen molar-refractivity contribution in [2.45, 2.75) is 5.34 Å². The van der Waals surface area contributed by atoms with Crippen LogP contribution in [-0.2, 0) is 0 Å². The minimum absolute atomic E-state index is 0.0293. The molecular formula is C9H13B2FN4. The van der Waals surface area contributed by atoms with E-state index in [2.05, 4.69) is 37.1 Å². The monoisotopic (exact) mass is 218 g/mol. The lowest BCUT2D eigenvalue weighted by atomic mass is 9.61. The zero-order valence-electron chi connectivity index (χ0n) is 9.74. The van der Waals surface area contributed by atoms with E-state index in [4.69, 9.17) is 0 Å². The summed E-state index contributed by atoms with van der Waals surface area (Å²) in [5.41, 5.74) is 0. The van der Waals surface area contributed by atoms with Crippen molar-refractivity contribution < 1.29 is 4.39 Å². The Bertz CT molecular complexity index is 437. The second kappa shape index (κ2) is 3.50. The number of aromatic nitrogens is 2. The summed E-state index contributed by atoms with van der Waals surface area (Å²) in [6.45, 7) is 4.72. The van der Waals surface area contributed by atoms with Crippen LogP contribution in [-0.4, -0.2) is 49.5 Å². The molecule has 1 saturated heterocycles. The van der Waals surface area contributed by atoms with E-state index in [0.717, 1.165) is 12.4 Å². The molecule has 1 aliphatic rings. The summed E-state index contributed by atoms with van der Waals surface area (Å²) in [6.07, 6.45) is 0.702. The summed E-state index contributed by atoms with van der Waals surface area (Å²) in [5.74, 6) is 1.37. The van der Waals surface area contributed by atoms with Crippen LogP contribution >= 0.6 is 0 Å². The smallest absolute Gasteiger partial charge is 0.310 e. The highest BCUT2D eigenvalue weighted by molar-refractivity contribution is 6.40. The molecule has 0 aliphatic carbocycles. The van der Waals surface area contributed by atoms with Gasteiger partial charge in [0, 0.05) is 19.8 Å². The van der Waals surface area contributed by atoms with Gasteiger partial charge in [0.25, 0.3) is 0 Å². The Balaban J connectivity index is 2.34. The molecule has 2 heterocycles. The van der Waals surface area contributed by atoms with Crippen molar-refractivity contribution in [1.29, 1.82) is 0 Å². The van der Waals surface area contributed by atoms with Gasteiger partial charge in [-0.1, -0.05) is 6.58 Å². The maximum atomic E-state index is 12.9. The van der Waals surface area contributed by atoms with Gasteiger partial charge >= 0.3 is 6.08 Å². The van der Waals surface area contributed by atoms with Gasteiger partial charge in [0.1, 0.15) is 27.3 Å². The maximum absolute atomic E-state index is 12.9. The van der Waals surface area contributed by atoms with Crippen molar-refractivity contribution in [3.8, 4) is 0 Å². The third kappa shape index (κ3) is 1.66. The second-order valence-corrected chi connectivity index (χ2v) is 4.56. The van der Waals surface area contributed by atoms with Gasteiger partial charge in [-0.25, -0.2) is 4.98 Å². The fraction of sp³-hybridized carbons (Fsp3) is 0.333. The summed E-state index contributed by atoms with van der Waals surface area (Å²) in [4.78, 5) is 11.2. The number of likely N-dealkylation sites (N-methyl/N-ethyl adjacent to an activating group) is 1. The molecule has 1 aromatic heterocycles. The predicted octanol–water partition coefficient (Wildman–Crippen LogP) is -1.24. The summed E-state index contributed by atoms with van der Waals surface area (Å²) in [6, 6.07) is 1.68. The third-order valence-electron chi connectivity index (χ3n) is 3.04. The zero-order valence-corrected chi connectivity index (χ0v) is 9.74. The van der Waals surface area contributed by atoms with E-state index in [0.29, 0.717) is 5.82 Å². The highest BCUT2D eigenvalue weighted by atomic mass is 19.1. The molecule has 4 nitrogen and oxygen atoms in total. The van der Waals surface area contributed by atoms with Gasteiger partial charge in [-0.3, -0.25) is 0 Å². The highest BCUT2D eigenvalue weighted by Crippen LogP contribution is 2.29. The van der Waals surface area contributed by atoms with Crippen molar-refractivity contribution in [2.24, 2.45) is 0 Å². The second-order valence-electron chi connectivity index (χ2n) is 4.56. The normalized spacial score (nSPS) is 19.2. The number of hydrogen-bond donors (Lipinski definition) is 0.